The van der Waals surface area contributed by atoms with Gasteiger partial charge in [0.25, 0.3) is 0 Å². The van der Waals surface area contributed by atoms with E-state index in [1.54, 1.807) is 30.1 Å². The average Bonchev–Trinajstić information content (AvgIpc) is 2.85. The quantitative estimate of drug-likeness (QED) is 0.608. The fourth-order valence-corrected chi connectivity index (χ4v) is 2.61. The molecule has 19 heavy (non-hydrogen) atoms. The van der Waals surface area contributed by atoms with E-state index in [0.717, 1.165) is 12.0 Å². The lowest BCUT2D eigenvalue weighted by Crippen LogP contribution is -2.31. The van der Waals surface area contributed by atoms with Crippen molar-refractivity contribution in [1.82, 2.24) is 9.55 Å². The fraction of sp³-hybridized carbons (Fsp3) is 0.267. The minimum Gasteiger partial charge on any atom is -0.332 e. The highest BCUT2D eigenvalue weighted by molar-refractivity contribution is 6.16. The Hall–Kier alpha value is -2.23. The molecule has 1 aromatic carbocycles. The van der Waals surface area contributed by atoms with Gasteiger partial charge >= 0.3 is 0 Å². The second-order valence-electron chi connectivity index (χ2n) is 4.84. The molecule has 4 nitrogen and oxygen atoms in total. The first kappa shape index (κ1) is 11.8. The number of hydrogen-bond acceptors (Lipinski definition) is 3. The lowest BCUT2D eigenvalue weighted by Gasteiger charge is -2.21. The third-order valence-electron chi connectivity index (χ3n) is 3.66. The summed E-state index contributed by atoms with van der Waals surface area (Å²) < 4.78 is 1.66. The van der Waals surface area contributed by atoms with Crippen LogP contribution in [0.15, 0.2) is 36.7 Å². The molecule has 0 saturated heterocycles. The predicted octanol–water partition coefficient (Wildman–Crippen LogP) is 2.05. The van der Waals surface area contributed by atoms with Crippen LogP contribution < -0.4 is 0 Å². The molecule has 96 valence electrons. The van der Waals surface area contributed by atoms with Gasteiger partial charge in [0.2, 0.25) is 5.78 Å². The van der Waals surface area contributed by atoms with E-state index in [1.165, 1.54) is 0 Å². The monoisotopic (exact) mass is 254 g/mol. The Bertz CT molecular complexity index is 658. The third-order valence-corrected chi connectivity index (χ3v) is 3.66. The Labute approximate surface area is 111 Å². The summed E-state index contributed by atoms with van der Waals surface area (Å²) in [5.74, 6) is -0.476. The molecule has 2 aromatic rings. The molecular formula is C15H14N2O2. The highest BCUT2D eigenvalue weighted by Gasteiger charge is 2.34. The highest BCUT2D eigenvalue weighted by atomic mass is 16.2. The number of Topliss-reactive ketones (excluding diaryl/α,β-unsaturated/α-hetero) is 2. The summed E-state index contributed by atoms with van der Waals surface area (Å²) in [7, 11) is 1.77. The first-order valence-electron chi connectivity index (χ1n) is 6.32. The second kappa shape index (κ2) is 4.46. The van der Waals surface area contributed by atoms with Crippen molar-refractivity contribution >= 4 is 11.6 Å². The van der Waals surface area contributed by atoms with Gasteiger partial charge in [-0.1, -0.05) is 24.3 Å². The molecule has 0 bridgehead atoms. The molecule has 0 aliphatic heterocycles. The zero-order valence-corrected chi connectivity index (χ0v) is 10.7. The van der Waals surface area contributed by atoms with E-state index in [0.29, 0.717) is 17.8 Å². The summed E-state index contributed by atoms with van der Waals surface area (Å²) in [6.45, 7) is 0. The van der Waals surface area contributed by atoms with Crippen molar-refractivity contribution in [3.63, 3.8) is 0 Å². The van der Waals surface area contributed by atoms with Gasteiger partial charge in [0, 0.05) is 25.0 Å². The summed E-state index contributed by atoms with van der Waals surface area (Å²) in [4.78, 5) is 28.8. The number of benzene rings is 1. The van der Waals surface area contributed by atoms with Crippen LogP contribution in [0.2, 0.25) is 0 Å². The summed E-state index contributed by atoms with van der Waals surface area (Å²) in [6, 6.07) is 7.52. The van der Waals surface area contributed by atoms with Crippen molar-refractivity contribution in [3.8, 4) is 0 Å². The molecule has 1 heterocycles. The Morgan fingerprint density at radius 3 is 2.89 bits per heavy atom. The fourth-order valence-electron chi connectivity index (χ4n) is 2.61. The standard InChI is InChI=1S/C15H14N2O2/c1-17-9-8-16-15(17)14(19)12-7-6-10-4-2-3-5-11(10)13(12)18/h2-5,8-9,12H,6-7H2,1H3. The van der Waals surface area contributed by atoms with Crippen LogP contribution in [0.1, 0.15) is 33.0 Å². The van der Waals surface area contributed by atoms with Crippen molar-refractivity contribution in [3.05, 3.63) is 53.6 Å². The number of imidazole rings is 1. The van der Waals surface area contributed by atoms with E-state index in [-0.39, 0.29) is 11.6 Å². The smallest absolute Gasteiger partial charge is 0.209 e. The van der Waals surface area contributed by atoms with Crippen molar-refractivity contribution in [1.29, 1.82) is 0 Å². The van der Waals surface area contributed by atoms with Crippen LogP contribution >= 0.6 is 0 Å². The zero-order valence-electron chi connectivity index (χ0n) is 10.7. The molecule has 1 aromatic heterocycles. The van der Waals surface area contributed by atoms with Gasteiger partial charge in [0.15, 0.2) is 11.6 Å². The maximum absolute atomic E-state index is 12.4. The lowest BCUT2D eigenvalue weighted by atomic mass is 9.80. The number of fused-ring (bicyclic) bond motifs is 1. The van der Waals surface area contributed by atoms with E-state index in [1.807, 2.05) is 18.2 Å². The Balaban J connectivity index is 1.95. The van der Waals surface area contributed by atoms with Crippen LogP contribution in [0.4, 0.5) is 0 Å². The minimum atomic E-state index is -0.587. The van der Waals surface area contributed by atoms with Crippen molar-refractivity contribution in [2.75, 3.05) is 0 Å². The second-order valence-corrected chi connectivity index (χ2v) is 4.84. The topological polar surface area (TPSA) is 52.0 Å². The molecule has 4 heteroatoms. The largest absolute Gasteiger partial charge is 0.332 e. The first-order valence-corrected chi connectivity index (χ1v) is 6.32. The number of nitrogens with zero attached hydrogens (tertiary/aromatic N) is 2. The van der Waals surface area contributed by atoms with E-state index < -0.39 is 5.92 Å². The Kier molecular flexibility index (Phi) is 2.78. The molecular weight excluding hydrogens is 240 g/mol. The van der Waals surface area contributed by atoms with Gasteiger partial charge in [-0.15, -0.1) is 0 Å². The Morgan fingerprint density at radius 1 is 1.37 bits per heavy atom. The van der Waals surface area contributed by atoms with Gasteiger partial charge < -0.3 is 4.57 Å². The van der Waals surface area contributed by atoms with Crippen LogP contribution in [0.25, 0.3) is 0 Å². The molecule has 0 spiro atoms. The molecule has 1 aliphatic carbocycles. The van der Waals surface area contributed by atoms with Crippen molar-refractivity contribution in [2.24, 2.45) is 13.0 Å². The van der Waals surface area contributed by atoms with E-state index in [4.69, 9.17) is 0 Å². The van der Waals surface area contributed by atoms with Crippen molar-refractivity contribution in [2.45, 2.75) is 12.8 Å². The molecule has 1 atom stereocenters. The van der Waals surface area contributed by atoms with Crippen LogP contribution in [0, 0.1) is 5.92 Å². The van der Waals surface area contributed by atoms with Gasteiger partial charge in [-0.2, -0.15) is 0 Å². The number of ketones is 2. The zero-order chi connectivity index (χ0) is 13.4. The van der Waals surface area contributed by atoms with Gasteiger partial charge in [0.05, 0.1) is 5.92 Å². The van der Waals surface area contributed by atoms with Gasteiger partial charge in [0.1, 0.15) is 0 Å². The molecule has 1 aliphatic rings. The van der Waals surface area contributed by atoms with Gasteiger partial charge in [-0.25, -0.2) is 4.98 Å². The van der Waals surface area contributed by atoms with Crippen LogP contribution in [0.3, 0.4) is 0 Å². The Morgan fingerprint density at radius 2 is 2.16 bits per heavy atom. The van der Waals surface area contributed by atoms with E-state index in [9.17, 15) is 9.59 Å². The number of aromatic nitrogens is 2. The van der Waals surface area contributed by atoms with E-state index >= 15 is 0 Å². The summed E-state index contributed by atoms with van der Waals surface area (Å²) in [6.07, 6.45) is 4.63. The lowest BCUT2D eigenvalue weighted by molar-refractivity contribution is 0.0782. The first-order chi connectivity index (χ1) is 9.18. The summed E-state index contributed by atoms with van der Waals surface area (Å²) in [5, 5.41) is 0. The molecule has 0 N–H and O–H groups in total. The normalized spacial score (nSPS) is 18.2. The summed E-state index contributed by atoms with van der Waals surface area (Å²) >= 11 is 0. The summed E-state index contributed by atoms with van der Waals surface area (Å²) in [5.41, 5.74) is 1.72. The number of hydrogen-bond donors (Lipinski definition) is 0. The molecule has 3 rings (SSSR count). The molecule has 0 amide bonds. The molecule has 0 fully saturated rings. The molecule has 1 unspecified atom stereocenters. The highest BCUT2D eigenvalue weighted by Crippen LogP contribution is 2.27. The number of carbonyl (C=O) groups is 2. The minimum absolute atomic E-state index is 0.0742. The number of carbonyl (C=O) groups excluding carboxylic acids is 2. The van der Waals surface area contributed by atoms with Crippen LogP contribution in [0.5, 0.6) is 0 Å². The maximum atomic E-state index is 12.4. The average molecular weight is 254 g/mol. The SMILES string of the molecule is Cn1ccnc1C(=O)C1CCc2ccccc2C1=O. The molecule has 0 saturated carbocycles. The van der Waals surface area contributed by atoms with Crippen LogP contribution in [-0.4, -0.2) is 21.1 Å². The molecule has 0 radical (unpaired) electrons. The third kappa shape index (κ3) is 1.89. The predicted molar refractivity (Wildman–Crippen MR) is 70.1 cm³/mol. The van der Waals surface area contributed by atoms with E-state index in [2.05, 4.69) is 4.98 Å². The van der Waals surface area contributed by atoms with Crippen molar-refractivity contribution < 1.29 is 9.59 Å². The maximum Gasteiger partial charge on any atom is 0.209 e. The number of aryl methyl sites for hydroxylation is 2. The van der Waals surface area contributed by atoms with Gasteiger partial charge in [-0.05, 0) is 18.4 Å². The number of rotatable bonds is 2. The van der Waals surface area contributed by atoms with Crippen LogP contribution in [-0.2, 0) is 13.5 Å². The van der Waals surface area contributed by atoms with Gasteiger partial charge in [-0.3, -0.25) is 9.59 Å².